The molecule has 0 saturated heterocycles. The molecule has 0 fully saturated rings. The number of nitrogens with two attached hydrogens (primary N) is 1. The standard InChI is InChI=1S/C17H19BrN2/c1-12-6-7-14(15(18)10-12)17(11-19)20-9-8-13-4-2-3-5-16(13)20/h2-7,10,17H,8-9,11,19H2,1H3. The van der Waals surface area contributed by atoms with Crippen LogP contribution in [0.2, 0.25) is 0 Å². The number of hydrogen-bond donors (Lipinski definition) is 1. The molecule has 2 N–H and O–H groups in total. The molecule has 2 aromatic rings. The van der Waals surface area contributed by atoms with Crippen molar-refractivity contribution in [2.24, 2.45) is 5.73 Å². The second kappa shape index (κ2) is 5.58. The Morgan fingerprint density at radius 1 is 1.25 bits per heavy atom. The second-order valence-corrected chi connectivity index (χ2v) is 6.20. The molecule has 0 bridgehead atoms. The molecular weight excluding hydrogens is 312 g/mol. The van der Waals surface area contributed by atoms with Gasteiger partial charge < -0.3 is 10.6 Å². The van der Waals surface area contributed by atoms with Crippen LogP contribution in [0, 0.1) is 6.92 Å². The minimum Gasteiger partial charge on any atom is -0.363 e. The fourth-order valence-corrected chi connectivity index (χ4v) is 3.77. The Morgan fingerprint density at radius 3 is 2.80 bits per heavy atom. The van der Waals surface area contributed by atoms with Gasteiger partial charge >= 0.3 is 0 Å². The van der Waals surface area contributed by atoms with Crippen LogP contribution in [0.5, 0.6) is 0 Å². The van der Waals surface area contributed by atoms with Gasteiger partial charge in [-0.1, -0.05) is 46.3 Å². The van der Waals surface area contributed by atoms with E-state index in [1.54, 1.807) is 0 Å². The van der Waals surface area contributed by atoms with E-state index < -0.39 is 0 Å². The predicted molar refractivity (Wildman–Crippen MR) is 88.2 cm³/mol. The summed E-state index contributed by atoms with van der Waals surface area (Å²) in [6.07, 6.45) is 1.11. The van der Waals surface area contributed by atoms with Crippen molar-refractivity contribution in [1.29, 1.82) is 0 Å². The maximum Gasteiger partial charge on any atom is 0.0675 e. The first-order valence-corrected chi connectivity index (χ1v) is 7.80. The number of benzene rings is 2. The lowest BCUT2D eigenvalue weighted by Gasteiger charge is -2.30. The van der Waals surface area contributed by atoms with Gasteiger partial charge in [-0.15, -0.1) is 0 Å². The molecular formula is C17H19BrN2. The zero-order chi connectivity index (χ0) is 14.1. The highest BCUT2D eigenvalue weighted by Crippen LogP contribution is 2.36. The zero-order valence-electron chi connectivity index (χ0n) is 11.6. The van der Waals surface area contributed by atoms with Crippen molar-refractivity contribution in [2.75, 3.05) is 18.0 Å². The van der Waals surface area contributed by atoms with Crippen molar-refractivity contribution in [3.05, 3.63) is 63.6 Å². The van der Waals surface area contributed by atoms with E-state index in [9.17, 15) is 0 Å². The number of halogens is 1. The van der Waals surface area contributed by atoms with Gasteiger partial charge in [0, 0.05) is 23.2 Å². The van der Waals surface area contributed by atoms with Crippen molar-refractivity contribution in [3.8, 4) is 0 Å². The molecule has 0 saturated carbocycles. The van der Waals surface area contributed by atoms with Crippen LogP contribution in [0.1, 0.15) is 22.7 Å². The van der Waals surface area contributed by atoms with Gasteiger partial charge in [0.15, 0.2) is 0 Å². The van der Waals surface area contributed by atoms with E-state index in [1.807, 2.05) is 0 Å². The molecule has 104 valence electrons. The third kappa shape index (κ3) is 2.36. The maximum absolute atomic E-state index is 6.09. The summed E-state index contributed by atoms with van der Waals surface area (Å²) >= 11 is 3.69. The molecule has 2 aromatic carbocycles. The van der Waals surface area contributed by atoms with Crippen molar-refractivity contribution >= 4 is 21.6 Å². The first-order valence-electron chi connectivity index (χ1n) is 7.01. The van der Waals surface area contributed by atoms with Crippen molar-refractivity contribution in [2.45, 2.75) is 19.4 Å². The van der Waals surface area contributed by atoms with Crippen LogP contribution in [0.25, 0.3) is 0 Å². The molecule has 0 aliphatic carbocycles. The van der Waals surface area contributed by atoms with Gasteiger partial charge in [-0.05, 0) is 42.2 Å². The number of fused-ring (bicyclic) bond motifs is 1. The normalized spacial score (nSPS) is 15.2. The third-order valence-electron chi connectivity index (χ3n) is 4.04. The number of nitrogens with zero attached hydrogens (tertiary/aromatic N) is 1. The number of hydrogen-bond acceptors (Lipinski definition) is 2. The largest absolute Gasteiger partial charge is 0.363 e. The molecule has 0 amide bonds. The van der Waals surface area contributed by atoms with E-state index in [2.05, 4.69) is 70.2 Å². The van der Waals surface area contributed by atoms with Gasteiger partial charge in [-0.25, -0.2) is 0 Å². The average molecular weight is 331 g/mol. The van der Waals surface area contributed by atoms with E-state index in [-0.39, 0.29) is 6.04 Å². The zero-order valence-corrected chi connectivity index (χ0v) is 13.2. The van der Waals surface area contributed by atoms with Crippen LogP contribution in [0.4, 0.5) is 5.69 Å². The van der Waals surface area contributed by atoms with Gasteiger partial charge in [0.05, 0.1) is 6.04 Å². The highest BCUT2D eigenvalue weighted by molar-refractivity contribution is 9.10. The number of aryl methyl sites for hydroxylation is 1. The third-order valence-corrected chi connectivity index (χ3v) is 4.72. The average Bonchev–Trinajstić information content (AvgIpc) is 2.86. The molecule has 1 aliphatic heterocycles. The SMILES string of the molecule is Cc1ccc(C(CN)N2CCc3ccccc32)c(Br)c1. The summed E-state index contributed by atoms with van der Waals surface area (Å²) in [5, 5.41) is 0. The molecule has 1 unspecified atom stereocenters. The topological polar surface area (TPSA) is 29.3 Å². The highest BCUT2D eigenvalue weighted by Gasteiger charge is 2.27. The first-order chi connectivity index (χ1) is 9.70. The lowest BCUT2D eigenvalue weighted by Crippen LogP contribution is -2.32. The van der Waals surface area contributed by atoms with Crippen molar-refractivity contribution in [1.82, 2.24) is 0 Å². The van der Waals surface area contributed by atoms with Gasteiger partial charge in [0.1, 0.15) is 0 Å². The smallest absolute Gasteiger partial charge is 0.0675 e. The monoisotopic (exact) mass is 330 g/mol. The van der Waals surface area contributed by atoms with Gasteiger partial charge in [-0.3, -0.25) is 0 Å². The van der Waals surface area contributed by atoms with E-state index in [0.717, 1.165) is 17.4 Å². The number of para-hydroxylation sites is 1. The Bertz CT molecular complexity index is 624. The Labute approximate surface area is 128 Å². The second-order valence-electron chi connectivity index (χ2n) is 5.35. The minimum atomic E-state index is 0.230. The summed E-state index contributed by atoms with van der Waals surface area (Å²) in [6, 6.07) is 15.4. The first kappa shape index (κ1) is 13.7. The van der Waals surface area contributed by atoms with E-state index in [0.29, 0.717) is 6.54 Å². The van der Waals surface area contributed by atoms with E-state index in [1.165, 1.54) is 22.4 Å². The summed E-state index contributed by atoms with van der Waals surface area (Å²) in [7, 11) is 0. The molecule has 1 aliphatic rings. The van der Waals surface area contributed by atoms with Gasteiger partial charge in [0.25, 0.3) is 0 Å². The molecule has 3 heteroatoms. The van der Waals surface area contributed by atoms with Crippen LogP contribution >= 0.6 is 15.9 Å². The number of rotatable bonds is 3. The molecule has 1 heterocycles. The lowest BCUT2D eigenvalue weighted by molar-refractivity contribution is 0.646. The Balaban J connectivity index is 1.99. The molecule has 20 heavy (non-hydrogen) atoms. The molecule has 0 spiro atoms. The van der Waals surface area contributed by atoms with E-state index >= 15 is 0 Å². The molecule has 2 nitrogen and oxygen atoms in total. The number of anilines is 1. The summed E-state index contributed by atoms with van der Waals surface area (Å²) in [5.74, 6) is 0. The van der Waals surface area contributed by atoms with Crippen LogP contribution in [0.15, 0.2) is 46.9 Å². The van der Waals surface area contributed by atoms with Gasteiger partial charge in [0.2, 0.25) is 0 Å². The Kier molecular flexibility index (Phi) is 3.81. The summed E-state index contributed by atoms with van der Waals surface area (Å²) in [5.41, 5.74) is 11.4. The van der Waals surface area contributed by atoms with E-state index in [4.69, 9.17) is 5.73 Å². The molecule has 0 radical (unpaired) electrons. The van der Waals surface area contributed by atoms with Crippen LogP contribution < -0.4 is 10.6 Å². The molecule has 0 aromatic heterocycles. The van der Waals surface area contributed by atoms with Crippen LogP contribution in [-0.4, -0.2) is 13.1 Å². The molecule has 3 rings (SSSR count). The lowest BCUT2D eigenvalue weighted by atomic mass is 10.0. The van der Waals surface area contributed by atoms with Crippen molar-refractivity contribution in [3.63, 3.8) is 0 Å². The van der Waals surface area contributed by atoms with Crippen LogP contribution in [-0.2, 0) is 6.42 Å². The predicted octanol–water partition coefficient (Wildman–Crippen LogP) is 3.82. The fourth-order valence-electron chi connectivity index (χ4n) is 3.01. The summed E-state index contributed by atoms with van der Waals surface area (Å²) in [4.78, 5) is 2.44. The van der Waals surface area contributed by atoms with Crippen molar-refractivity contribution < 1.29 is 0 Å². The summed E-state index contributed by atoms with van der Waals surface area (Å²) < 4.78 is 1.15. The highest BCUT2D eigenvalue weighted by atomic mass is 79.9. The quantitative estimate of drug-likeness (QED) is 0.926. The Morgan fingerprint density at radius 2 is 2.05 bits per heavy atom. The van der Waals surface area contributed by atoms with Gasteiger partial charge in [-0.2, -0.15) is 0 Å². The fraction of sp³-hybridized carbons (Fsp3) is 0.294. The maximum atomic E-state index is 6.09. The Hall–Kier alpha value is -1.32. The summed E-state index contributed by atoms with van der Waals surface area (Å²) in [6.45, 7) is 3.77. The minimum absolute atomic E-state index is 0.230. The van der Waals surface area contributed by atoms with Crippen LogP contribution in [0.3, 0.4) is 0 Å². The molecule has 1 atom stereocenters.